The van der Waals surface area contributed by atoms with E-state index >= 15 is 0 Å². The van der Waals surface area contributed by atoms with Crippen molar-refractivity contribution in [1.82, 2.24) is 9.88 Å². The van der Waals surface area contributed by atoms with E-state index in [1.807, 2.05) is 37.8 Å². The van der Waals surface area contributed by atoms with Gasteiger partial charge in [-0.1, -0.05) is 0 Å². The van der Waals surface area contributed by atoms with Crippen LogP contribution in [0.25, 0.3) is 10.2 Å². The van der Waals surface area contributed by atoms with Crippen molar-refractivity contribution < 1.29 is 9.53 Å². The van der Waals surface area contributed by atoms with Gasteiger partial charge in [0.25, 0.3) is 5.91 Å². The number of nitrogens with two attached hydrogens (primary N) is 1. The molecule has 1 aliphatic heterocycles. The molecule has 2 aromatic rings. The summed E-state index contributed by atoms with van der Waals surface area (Å²) in [5.74, 6) is -0.0178. The van der Waals surface area contributed by atoms with E-state index in [4.69, 9.17) is 10.5 Å². The molecule has 2 aromatic heterocycles. The van der Waals surface area contributed by atoms with Gasteiger partial charge in [-0.3, -0.25) is 4.79 Å². The van der Waals surface area contributed by atoms with E-state index in [0.717, 1.165) is 15.9 Å². The first kappa shape index (κ1) is 14.3. The van der Waals surface area contributed by atoms with E-state index in [2.05, 4.69) is 4.98 Å². The van der Waals surface area contributed by atoms with Crippen molar-refractivity contribution in [2.24, 2.45) is 0 Å². The van der Waals surface area contributed by atoms with Gasteiger partial charge in [0.15, 0.2) is 0 Å². The molecule has 1 saturated heterocycles. The van der Waals surface area contributed by atoms with Crippen molar-refractivity contribution in [3.8, 4) is 0 Å². The minimum atomic E-state index is -0.0178. The third-order valence-electron chi connectivity index (χ3n) is 3.80. The monoisotopic (exact) mass is 305 g/mol. The van der Waals surface area contributed by atoms with Crippen molar-refractivity contribution >= 4 is 33.1 Å². The number of nitrogens with zero attached hydrogens (tertiary/aromatic N) is 2. The van der Waals surface area contributed by atoms with Crippen molar-refractivity contribution in [1.29, 1.82) is 0 Å². The first-order chi connectivity index (χ1) is 9.97. The largest absolute Gasteiger partial charge is 0.397 e. The highest BCUT2D eigenvalue weighted by molar-refractivity contribution is 7.21. The topological polar surface area (TPSA) is 68.5 Å². The number of thiophene rings is 1. The van der Waals surface area contributed by atoms with Gasteiger partial charge in [-0.25, -0.2) is 4.98 Å². The van der Waals surface area contributed by atoms with E-state index in [9.17, 15) is 4.79 Å². The fraction of sp³-hybridized carbons (Fsp3) is 0.467. The van der Waals surface area contributed by atoms with Crippen LogP contribution in [-0.2, 0) is 4.74 Å². The summed E-state index contributed by atoms with van der Waals surface area (Å²) in [5.41, 5.74) is 7.64. The molecule has 3 heterocycles. The van der Waals surface area contributed by atoms with Crippen molar-refractivity contribution in [2.75, 3.05) is 18.9 Å². The summed E-state index contributed by atoms with van der Waals surface area (Å²) in [6, 6.07) is 3.91. The van der Waals surface area contributed by atoms with Crippen LogP contribution < -0.4 is 5.73 Å². The minimum absolute atomic E-state index is 0.0178. The van der Waals surface area contributed by atoms with E-state index in [1.54, 1.807) is 0 Å². The molecule has 2 N–H and O–H groups in total. The van der Waals surface area contributed by atoms with Crippen molar-refractivity contribution in [3.63, 3.8) is 0 Å². The minimum Gasteiger partial charge on any atom is -0.397 e. The second-order valence-corrected chi connectivity index (χ2v) is 6.60. The molecule has 6 heteroatoms. The Morgan fingerprint density at radius 3 is 3.00 bits per heavy atom. The molecule has 0 radical (unpaired) electrons. The zero-order valence-electron chi connectivity index (χ0n) is 12.4. The summed E-state index contributed by atoms with van der Waals surface area (Å²) in [6.45, 7) is 7.07. The molecule has 3 rings (SSSR count). The SMILES string of the molecule is Cc1ccc2c(N)c(C(=O)N3CC(C)OCC3C)sc2n1. The number of fused-ring (bicyclic) bond motifs is 1. The number of hydrogen-bond acceptors (Lipinski definition) is 5. The number of nitrogen functional groups attached to an aromatic ring is 1. The summed E-state index contributed by atoms with van der Waals surface area (Å²) in [7, 11) is 0. The average Bonchev–Trinajstić information content (AvgIpc) is 2.77. The van der Waals surface area contributed by atoms with Gasteiger partial charge in [-0.05, 0) is 32.9 Å². The molecular weight excluding hydrogens is 286 g/mol. The zero-order chi connectivity index (χ0) is 15.1. The lowest BCUT2D eigenvalue weighted by Gasteiger charge is -2.36. The van der Waals surface area contributed by atoms with Crippen LogP contribution >= 0.6 is 11.3 Å². The Bertz CT molecular complexity index is 698. The van der Waals surface area contributed by atoms with Crippen LogP contribution in [0.2, 0.25) is 0 Å². The smallest absolute Gasteiger partial charge is 0.266 e. The lowest BCUT2D eigenvalue weighted by Crippen LogP contribution is -2.50. The Morgan fingerprint density at radius 1 is 1.48 bits per heavy atom. The second kappa shape index (κ2) is 5.27. The number of morpholine rings is 1. The number of ether oxygens (including phenoxy) is 1. The summed E-state index contributed by atoms with van der Waals surface area (Å²) in [6.07, 6.45) is 0.0566. The maximum absolute atomic E-state index is 12.8. The Labute approximate surface area is 127 Å². The molecule has 1 fully saturated rings. The van der Waals surface area contributed by atoms with Gasteiger partial charge in [0.1, 0.15) is 9.71 Å². The number of aromatic nitrogens is 1. The molecule has 21 heavy (non-hydrogen) atoms. The molecule has 2 unspecified atom stereocenters. The molecule has 0 aromatic carbocycles. The predicted octanol–water partition coefficient (Wildman–Crippen LogP) is 2.44. The molecule has 1 amide bonds. The van der Waals surface area contributed by atoms with Gasteiger partial charge in [0.2, 0.25) is 0 Å². The predicted molar refractivity (Wildman–Crippen MR) is 84.7 cm³/mol. The first-order valence-electron chi connectivity index (χ1n) is 7.05. The van der Waals surface area contributed by atoms with Crippen LogP contribution in [0.1, 0.15) is 29.2 Å². The van der Waals surface area contributed by atoms with Crippen LogP contribution in [-0.4, -0.2) is 41.1 Å². The van der Waals surface area contributed by atoms with Gasteiger partial charge >= 0.3 is 0 Å². The first-order valence-corrected chi connectivity index (χ1v) is 7.87. The van der Waals surface area contributed by atoms with Gasteiger partial charge in [0, 0.05) is 17.6 Å². The number of amides is 1. The molecule has 0 aliphatic carbocycles. The summed E-state index contributed by atoms with van der Waals surface area (Å²) in [5, 5.41) is 0.864. The third kappa shape index (κ3) is 2.49. The van der Waals surface area contributed by atoms with Crippen LogP contribution in [0.15, 0.2) is 12.1 Å². The van der Waals surface area contributed by atoms with Crippen molar-refractivity contribution in [2.45, 2.75) is 32.9 Å². The Morgan fingerprint density at radius 2 is 2.24 bits per heavy atom. The number of anilines is 1. The highest BCUT2D eigenvalue weighted by Gasteiger charge is 2.30. The highest BCUT2D eigenvalue weighted by atomic mass is 32.1. The molecule has 1 aliphatic rings. The maximum Gasteiger partial charge on any atom is 0.266 e. The number of aryl methyl sites for hydroxylation is 1. The van der Waals surface area contributed by atoms with E-state index in [-0.39, 0.29) is 18.1 Å². The fourth-order valence-electron chi connectivity index (χ4n) is 2.57. The summed E-state index contributed by atoms with van der Waals surface area (Å²) < 4.78 is 5.58. The fourth-order valence-corrected chi connectivity index (χ4v) is 3.66. The standard InChI is InChI=1S/C15H19N3O2S/c1-8-4-5-11-12(16)13(21-14(11)17-8)15(19)18-6-10(3)20-7-9(18)2/h4-5,9-10H,6-7,16H2,1-3H3. The Hall–Kier alpha value is -1.66. The Kier molecular flexibility index (Phi) is 3.59. The molecule has 0 saturated carbocycles. The summed E-state index contributed by atoms with van der Waals surface area (Å²) >= 11 is 1.37. The second-order valence-electron chi connectivity index (χ2n) is 5.60. The Balaban J connectivity index is 1.99. The van der Waals surface area contributed by atoms with E-state index in [0.29, 0.717) is 23.7 Å². The number of rotatable bonds is 1. The maximum atomic E-state index is 12.8. The van der Waals surface area contributed by atoms with Crippen LogP contribution in [0.4, 0.5) is 5.69 Å². The quantitative estimate of drug-likeness (QED) is 0.878. The average molecular weight is 305 g/mol. The molecule has 5 nitrogen and oxygen atoms in total. The van der Waals surface area contributed by atoms with E-state index < -0.39 is 0 Å². The summed E-state index contributed by atoms with van der Waals surface area (Å²) in [4.78, 5) is 20.5. The molecule has 2 atom stereocenters. The third-order valence-corrected chi connectivity index (χ3v) is 4.90. The van der Waals surface area contributed by atoms with Gasteiger partial charge in [-0.2, -0.15) is 0 Å². The normalized spacial score (nSPS) is 22.7. The van der Waals surface area contributed by atoms with Crippen LogP contribution in [0.5, 0.6) is 0 Å². The molecule has 112 valence electrons. The molecule has 0 spiro atoms. The number of carbonyl (C=O) groups is 1. The lowest BCUT2D eigenvalue weighted by molar-refractivity contribution is -0.0385. The van der Waals surface area contributed by atoms with Crippen LogP contribution in [0, 0.1) is 6.92 Å². The zero-order valence-corrected chi connectivity index (χ0v) is 13.2. The number of carbonyl (C=O) groups excluding carboxylic acids is 1. The van der Waals surface area contributed by atoms with Crippen molar-refractivity contribution in [3.05, 3.63) is 22.7 Å². The molecule has 0 bridgehead atoms. The van der Waals surface area contributed by atoms with Gasteiger partial charge in [0.05, 0.1) is 24.4 Å². The van der Waals surface area contributed by atoms with Gasteiger partial charge in [-0.15, -0.1) is 11.3 Å². The van der Waals surface area contributed by atoms with Crippen LogP contribution in [0.3, 0.4) is 0 Å². The van der Waals surface area contributed by atoms with Gasteiger partial charge < -0.3 is 15.4 Å². The molecular formula is C15H19N3O2S. The number of hydrogen-bond donors (Lipinski definition) is 1. The lowest BCUT2D eigenvalue weighted by atomic mass is 10.2. The van der Waals surface area contributed by atoms with E-state index in [1.165, 1.54) is 11.3 Å². The number of pyridine rings is 1. The highest BCUT2D eigenvalue weighted by Crippen LogP contribution is 2.34.